The highest BCUT2D eigenvalue weighted by molar-refractivity contribution is 6.46. The predicted molar refractivity (Wildman–Crippen MR) is 138 cm³/mol. The Morgan fingerprint density at radius 1 is 1.05 bits per heavy atom. The number of amides is 1. The van der Waals surface area contributed by atoms with Gasteiger partial charge in [0.2, 0.25) is 0 Å². The number of Topliss-reactive ketones (excluding diaryl/α,β-unsaturated/α-hetero) is 1. The second-order valence-electron chi connectivity index (χ2n) is 9.28. The maximum absolute atomic E-state index is 13.2. The zero-order chi connectivity index (χ0) is 25.9. The number of aliphatic hydroxyl groups excluding tert-OH is 1. The summed E-state index contributed by atoms with van der Waals surface area (Å²) in [7, 11) is 1.54. The molecule has 2 heterocycles. The summed E-state index contributed by atoms with van der Waals surface area (Å²) in [5.74, 6) is -0.143. The third-order valence-corrected chi connectivity index (χ3v) is 6.69. The van der Waals surface area contributed by atoms with Gasteiger partial charge in [-0.1, -0.05) is 42.5 Å². The number of ether oxygens (including phenoxy) is 3. The van der Waals surface area contributed by atoms with E-state index in [1.807, 2.05) is 67.6 Å². The molecule has 2 aliphatic heterocycles. The lowest BCUT2D eigenvalue weighted by atomic mass is 9.94. The number of fused-ring (bicyclic) bond motifs is 1. The highest BCUT2D eigenvalue weighted by Gasteiger charge is 2.46. The van der Waals surface area contributed by atoms with Crippen molar-refractivity contribution in [2.45, 2.75) is 32.1 Å². The van der Waals surface area contributed by atoms with Gasteiger partial charge in [-0.2, -0.15) is 0 Å². The predicted octanol–water partition coefficient (Wildman–Crippen LogP) is 4.66. The lowest BCUT2D eigenvalue weighted by molar-refractivity contribution is -0.140. The molecule has 1 fully saturated rings. The molecule has 2 unspecified atom stereocenters. The fourth-order valence-corrected chi connectivity index (χ4v) is 4.86. The third kappa shape index (κ3) is 4.95. The molecule has 2 aliphatic rings. The van der Waals surface area contributed by atoms with Gasteiger partial charge in [0.15, 0.2) is 0 Å². The first-order valence-corrected chi connectivity index (χ1v) is 12.3. The molecule has 1 amide bonds. The van der Waals surface area contributed by atoms with Crippen molar-refractivity contribution in [3.8, 4) is 11.5 Å². The minimum Gasteiger partial charge on any atom is -0.507 e. The Bertz CT molecular complexity index is 1330. The van der Waals surface area contributed by atoms with Gasteiger partial charge >= 0.3 is 0 Å². The summed E-state index contributed by atoms with van der Waals surface area (Å²) < 4.78 is 16.8. The lowest BCUT2D eigenvalue weighted by Crippen LogP contribution is -2.32. The number of rotatable bonds is 8. The van der Waals surface area contributed by atoms with Crippen LogP contribution < -0.4 is 9.47 Å². The SMILES string of the molecule is COCCN1C(=O)C(=O)/C(=C(/O)c2ccc3c(c2)CC(C)O3)C1c1ccc(OCc2ccccc2)cc1. The highest BCUT2D eigenvalue weighted by atomic mass is 16.5. The second-order valence-corrected chi connectivity index (χ2v) is 9.28. The Morgan fingerprint density at radius 2 is 1.81 bits per heavy atom. The zero-order valence-electron chi connectivity index (χ0n) is 20.8. The maximum Gasteiger partial charge on any atom is 0.295 e. The largest absolute Gasteiger partial charge is 0.507 e. The second kappa shape index (κ2) is 10.5. The Labute approximate surface area is 215 Å². The molecular formula is C30H29NO6. The van der Waals surface area contributed by atoms with Gasteiger partial charge in [0.25, 0.3) is 11.7 Å². The molecule has 2 atom stereocenters. The van der Waals surface area contributed by atoms with Gasteiger partial charge in [-0.05, 0) is 53.9 Å². The Kier molecular flexibility index (Phi) is 6.97. The van der Waals surface area contributed by atoms with Gasteiger partial charge < -0.3 is 24.2 Å². The van der Waals surface area contributed by atoms with E-state index in [4.69, 9.17) is 14.2 Å². The van der Waals surface area contributed by atoms with Crippen LogP contribution in [0.3, 0.4) is 0 Å². The summed E-state index contributed by atoms with van der Waals surface area (Å²) in [4.78, 5) is 27.7. The minimum atomic E-state index is -0.748. The van der Waals surface area contributed by atoms with Crippen LogP contribution in [0.5, 0.6) is 11.5 Å². The summed E-state index contributed by atoms with van der Waals surface area (Å²) in [6.45, 7) is 2.88. The van der Waals surface area contributed by atoms with E-state index in [0.29, 0.717) is 29.9 Å². The van der Waals surface area contributed by atoms with E-state index in [2.05, 4.69) is 0 Å². The molecule has 37 heavy (non-hydrogen) atoms. The summed E-state index contributed by atoms with van der Waals surface area (Å²) in [6, 6.07) is 21.7. The molecule has 1 saturated heterocycles. The van der Waals surface area contributed by atoms with Crippen molar-refractivity contribution in [3.05, 3.63) is 101 Å². The molecule has 190 valence electrons. The fraction of sp³-hybridized carbons (Fsp3) is 0.267. The van der Waals surface area contributed by atoms with Crippen LogP contribution in [-0.4, -0.2) is 48.1 Å². The Hall–Kier alpha value is -4.10. The molecule has 3 aromatic carbocycles. The van der Waals surface area contributed by atoms with Crippen LogP contribution in [0.25, 0.3) is 5.76 Å². The van der Waals surface area contributed by atoms with Crippen LogP contribution in [-0.2, 0) is 27.4 Å². The number of methoxy groups -OCH3 is 1. The van der Waals surface area contributed by atoms with Crippen molar-refractivity contribution in [1.82, 2.24) is 4.90 Å². The van der Waals surface area contributed by atoms with E-state index >= 15 is 0 Å². The third-order valence-electron chi connectivity index (χ3n) is 6.69. The highest BCUT2D eigenvalue weighted by Crippen LogP contribution is 2.40. The number of carbonyl (C=O) groups excluding carboxylic acids is 2. The van der Waals surface area contributed by atoms with E-state index < -0.39 is 17.7 Å². The molecule has 0 radical (unpaired) electrons. The van der Waals surface area contributed by atoms with Gasteiger partial charge in [0, 0.05) is 25.6 Å². The van der Waals surface area contributed by atoms with E-state index in [1.165, 1.54) is 12.0 Å². The minimum absolute atomic E-state index is 0.0506. The van der Waals surface area contributed by atoms with Crippen LogP contribution in [0, 0.1) is 0 Å². The number of hydrogen-bond acceptors (Lipinski definition) is 6. The number of ketones is 1. The normalized spacial score (nSPS) is 20.1. The lowest BCUT2D eigenvalue weighted by Gasteiger charge is -2.25. The van der Waals surface area contributed by atoms with Gasteiger partial charge in [0.05, 0.1) is 18.2 Å². The first-order chi connectivity index (χ1) is 18.0. The number of carbonyl (C=O) groups is 2. The number of nitrogens with zero attached hydrogens (tertiary/aromatic N) is 1. The van der Waals surface area contributed by atoms with Gasteiger partial charge in [-0.25, -0.2) is 0 Å². The van der Waals surface area contributed by atoms with Crippen molar-refractivity contribution in [3.63, 3.8) is 0 Å². The van der Waals surface area contributed by atoms with E-state index in [9.17, 15) is 14.7 Å². The van der Waals surface area contributed by atoms with Crippen LogP contribution in [0.15, 0.2) is 78.4 Å². The van der Waals surface area contributed by atoms with Crippen LogP contribution in [0.4, 0.5) is 0 Å². The van der Waals surface area contributed by atoms with Gasteiger partial charge in [0.1, 0.15) is 30.0 Å². The van der Waals surface area contributed by atoms with E-state index in [-0.39, 0.29) is 30.6 Å². The molecule has 0 saturated carbocycles. The molecule has 3 aromatic rings. The van der Waals surface area contributed by atoms with Crippen molar-refractivity contribution in [1.29, 1.82) is 0 Å². The Balaban J connectivity index is 1.48. The van der Waals surface area contributed by atoms with Crippen molar-refractivity contribution < 1.29 is 28.9 Å². The first kappa shape index (κ1) is 24.6. The maximum atomic E-state index is 13.2. The van der Waals surface area contributed by atoms with E-state index in [1.54, 1.807) is 12.1 Å². The average molecular weight is 500 g/mol. The zero-order valence-corrected chi connectivity index (χ0v) is 20.8. The van der Waals surface area contributed by atoms with Crippen LogP contribution >= 0.6 is 0 Å². The smallest absolute Gasteiger partial charge is 0.295 e. The molecule has 0 spiro atoms. The summed E-state index contributed by atoms with van der Waals surface area (Å²) >= 11 is 0. The topological polar surface area (TPSA) is 85.3 Å². The first-order valence-electron chi connectivity index (χ1n) is 12.3. The number of likely N-dealkylation sites (tertiary alicyclic amines) is 1. The van der Waals surface area contributed by atoms with Gasteiger partial charge in [-0.15, -0.1) is 0 Å². The van der Waals surface area contributed by atoms with Crippen LogP contribution in [0.2, 0.25) is 0 Å². The van der Waals surface area contributed by atoms with E-state index in [0.717, 1.165) is 16.9 Å². The summed E-state index contributed by atoms with van der Waals surface area (Å²) in [5, 5.41) is 11.3. The quantitative estimate of drug-likeness (QED) is 0.276. The Morgan fingerprint density at radius 3 is 2.54 bits per heavy atom. The molecule has 5 rings (SSSR count). The monoisotopic (exact) mass is 499 g/mol. The fourth-order valence-electron chi connectivity index (χ4n) is 4.86. The van der Waals surface area contributed by atoms with Crippen molar-refractivity contribution in [2.24, 2.45) is 0 Å². The molecule has 7 nitrogen and oxygen atoms in total. The average Bonchev–Trinajstić information content (AvgIpc) is 3.42. The van der Waals surface area contributed by atoms with Crippen molar-refractivity contribution in [2.75, 3.05) is 20.3 Å². The molecule has 0 aromatic heterocycles. The number of aliphatic hydroxyl groups is 1. The molecule has 1 N–H and O–H groups in total. The summed E-state index contributed by atoms with van der Waals surface area (Å²) in [5.41, 5.74) is 3.25. The standard InChI is InChI=1S/C30H29NO6/c1-19-16-23-17-22(10-13-25(23)37-19)28(32)26-27(31(14-15-35-2)30(34)29(26)33)21-8-11-24(12-9-21)36-18-20-6-4-3-5-7-20/h3-13,17,19,27,32H,14-16,18H2,1-2H3/b28-26+. The molecular weight excluding hydrogens is 470 g/mol. The number of hydrogen-bond donors (Lipinski definition) is 1. The number of benzene rings is 3. The summed E-state index contributed by atoms with van der Waals surface area (Å²) in [6.07, 6.45) is 0.765. The molecule has 0 aliphatic carbocycles. The molecule has 7 heteroatoms. The van der Waals surface area contributed by atoms with Crippen LogP contribution in [0.1, 0.15) is 35.2 Å². The van der Waals surface area contributed by atoms with Crippen molar-refractivity contribution >= 4 is 17.4 Å². The van der Waals surface area contributed by atoms with Gasteiger partial charge in [-0.3, -0.25) is 9.59 Å². The molecule has 0 bridgehead atoms.